The summed E-state index contributed by atoms with van der Waals surface area (Å²) < 4.78 is 15.4. The van der Waals surface area contributed by atoms with Crippen molar-refractivity contribution in [1.82, 2.24) is 14.8 Å². The van der Waals surface area contributed by atoms with Crippen molar-refractivity contribution in [2.24, 2.45) is 10.1 Å². The lowest BCUT2D eigenvalue weighted by molar-refractivity contribution is 0.183. The fraction of sp³-hybridized carbons (Fsp3) is 0.474. The number of likely N-dealkylation sites (N-methyl/N-ethyl adjacent to an activating group) is 1. The van der Waals surface area contributed by atoms with E-state index in [1.54, 1.807) is 0 Å². The molecule has 0 radical (unpaired) electrons. The summed E-state index contributed by atoms with van der Waals surface area (Å²) in [4.78, 5) is 9.20. The average Bonchev–Trinajstić information content (AvgIpc) is 2.57. The lowest BCUT2D eigenvalue weighted by atomic mass is 9.99. The van der Waals surface area contributed by atoms with Crippen LogP contribution in [0.2, 0.25) is 0 Å². The SMILES string of the molecule is C=CCC1c2cc(Br)cc(F)c2N=C(N2CCN(C)CC2)N1N=C(C)C. The lowest BCUT2D eigenvalue weighted by Gasteiger charge is -2.42. The van der Waals surface area contributed by atoms with E-state index in [0.29, 0.717) is 16.6 Å². The second-order valence-corrected chi connectivity index (χ2v) is 7.88. The molecule has 26 heavy (non-hydrogen) atoms. The minimum atomic E-state index is -0.313. The Morgan fingerprint density at radius 1 is 1.35 bits per heavy atom. The predicted molar refractivity (Wildman–Crippen MR) is 108 cm³/mol. The van der Waals surface area contributed by atoms with Gasteiger partial charge in [-0.1, -0.05) is 22.0 Å². The quantitative estimate of drug-likeness (QED) is 0.542. The summed E-state index contributed by atoms with van der Waals surface area (Å²) in [6.45, 7) is 11.4. The molecular formula is C19H25BrFN5. The van der Waals surface area contributed by atoms with Crippen molar-refractivity contribution in [2.45, 2.75) is 26.3 Å². The number of guanidine groups is 1. The fourth-order valence-electron chi connectivity index (χ4n) is 3.32. The van der Waals surface area contributed by atoms with Gasteiger partial charge in [0.25, 0.3) is 0 Å². The first-order chi connectivity index (χ1) is 12.4. The largest absolute Gasteiger partial charge is 0.338 e. The highest BCUT2D eigenvalue weighted by atomic mass is 79.9. The molecule has 0 bridgehead atoms. The van der Waals surface area contributed by atoms with Crippen molar-refractivity contribution in [3.05, 3.63) is 40.6 Å². The number of hydrogen-bond donors (Lipinski definition) is 0. The number of halogens is 2. The van der Waals surface area contributed by atoms with E-state index in [4.69, 9.17) is 10.1 Å². The van der Waals surface area contributed by atoms with Crippen LogP contribution in [0.15, 0.2) is 39.4 Å². The van der Waals surface area contributed by atoms with Crippen molar-refractivity contribution in [3.63, 3.8) is 0 Å². The van der Waals surface area contributed by atoms with E-state index in [0.717, 1.165) is 43.4 Å². The summed E-state index contributed by atoms with van der Waals surface area (Å²) in [6.07, 6.45) is 2.51. The maximum absolute atomic E-state index is 14.7. The smallest absolute Gasteiger partial charge is 0.223 e. The number of hydrazone groups is 1. The van der Waals surface area contributed by atoms with Gasteiger partial charge in [-0.2, -0.15) is 5.10 Å². The van der Waals surface area contributed by atoms with Crippen LogP contribution in [0, 0.1) is 5.82 Å². The van der Waals surface area contributed by atoms with Crippen molar-refractivity contribution >= 4 is 33.3 Å². The Bertz CT molecular complexity index is 749. The van der Waals surface area contributed by atoms with E-state index >= 15 is 0 Å². The van der Waals surface area contributed by atoms with Crippen molar-refractivity contribution < 1.29 is 4.39 Å². The summed E-state index contributed by atoms with van der Waals surface area (Å²) in [7, 11) is 2.11. The molecule has 0 spiro atoms. The van der Waals surface area contributed by atoms with Gasteiger partial charge in [-0.25, -0.2) is 14.4 Å². The molecule has 1 fully saturated rings. The first-order valence-corrected chi connectivity index (χ1v) is 9.63. The second kappa shape index (κ2) is 7.88. The monoisotopic (exact) mass is 421 g/mol. The van der Waals surface area contributed by atoms with Gasteiger partial charge in [0.15, 0.2) is 0 Å². The maximum Gasteiger partial charge on any atom is 0.223 e. The highest BCUT2D eigenvalue weighted by Gasteiger charge is 2.35. The van der Waals surface area contributed by atoms with E-state index in [-0.39, 0.29) is 11.9 Å². The minimum Gasteiger partial charge on any atom is -0.338 e. The first kappa shape index (κ1) is 19.0. The van der Waals surface area contributed by atoms with Gasteiger partial charge < -0.3 is 9.80 Å². The molecule has 0 aliphatic carbocycles. The zero-order valence-corrected chi connectivity index (χ0v) is 17.1. The molecule has 1 aromatic rings. The third-order valence-corrected chi connectivity index (χ3v) is 5.07. The highest BCUT2D eigenvalue weighted by molar-refractivity contribution is 9.10. The molecule has 0 amide bonds. The Morgan fingerprint density at radius 3 is 2.65 bits per heavy atom. The van der Waals surface area contributed by atoms with Gasteiger partial charge in [0.1, 0.15) is 11.5 Å². The van der Waals surface area contributed by atoms with Gasteiger partial charge in [0, 0.05) is 41.9 Å². The summed E-state index contributed by atoms with van der Waals surface area (Å²) >= 11 is 3.40. The molecule has 7 heteroatoms. The van der Waals surface area contributed by atoms with Crippen LogP contribution in [0.5, 0.6) is 0 Å². The Labute approximate surface area is 163 Å². The van der Waals surface area contributed by atoms with Gasteiger partial charge in [0.05, 0.1) is 6.04 Å². The van der Waals surface area contributed by atoms with Crippen molar-refractivity contribution in [2.75, 3.05) is 33.2 Å². The molecule has 1 aromatic carbocycles. The topological polar surface area (TPSA) is 34.4 Å². The molecule has 2 heterocycles. The Morgan fingerprint density at radius 2 is 2.04 bits per heavy atom. The summed E-state index contributed by atoms with van der Waals surface area (Å²) in [5.74, 6) is 0.409. The number of piperazine rings is 1. The normalized spacial score (nSPS) is 20.5. The van der Waals surface area contributed by atoms with E-state index in [1.165, 1.54) is 6.07 Å². The summed E-state index contributed by atoms with van der Waals surface area (Å²) in [6, 6.07) is 3.28. The van der Waals surface area contributed by atoms with Crippen molar-refractivity contribution in [3.8, 4) is 0 Å². The molecule has 0 N–H and O–H groups in total. The van der Waals surface area contributed by atoms with Crippen LogP contribution in [-0.2, 0) is 0 Å². The summed E-state index contributed by atoms with van der Waals surface area (Å²) in [5, 5.41) is 6.69. The van der Waals surface area contributed by atoms with Crippen LogP contribution >= 0.6 is 15.9 Å². The molecule has 140 valence electrons. The Hall–Kier alpha value is -1.73. The number of nitrogens with zero attached hydrogens (tertiary/aromatic N) is 5. The maximum atomic E-state index is 14.7. The molecule has 0 aromatic heterocycles. The zero-order valence-electron chi connectivity index (χ0n) is 15.5. The predicted octanol–water partition coefficient (Wildman–Crippen LogP) is 4.15. The molecule has 2 aliphatic rings. The zero-order chi connectivity index (χ0) is 18.8. The fourth-order valence-corrected chi connectivity index (χ4v) is 3.76. The van der Waals surface area contributed by atoms with Crippen LogP contribution in [0.4, 0.5) is 10.1 Å². The van der Waals surface area contributed by atoms with Gasteiger partial charge in [-0.15, -0.1) is 6.58 Å². The number of benzene rings is 1. The lowest BCUT2D eigenvalue weighted by Crippen LogP contribution is -2.53. The number of fused-ring (bicyclic) bond motifs is 1. The Kier molecular flexibility index (Phi) is 5.77. The molecule has 3 rings (SSSR count). The van der Waals surface area contributed by atoms with Gasteiger partial charge in [-0.3, -0.25) is 0 Å². The molecule has 1 saturated heterocycles. The van der Waals surface area contributed by atoms with E-state index in [2.05, 4.69) is 39.4 Å². The number of rotatable bonds is 3. The molecule has 1 unspecified atom stereocenters. The second-order valence-electron chi connectivity index (χ2n) is 6.96. The van der Waals surface area contributed by atoms with Crippen LogP contribution in [0.25, 0.3) is 0 Å². The first-order valence-electron chi connectivity index (χ1n) is 8.83. The van der Waals surface area contributed by atoms with E-state index in [1.807, 2.05) is 31.0 Å². The van der Waals surface area contributed by atoms with Gasteiger partial charge in [0.2, 0.25) is 5.96 Å². The Balaban J connectivity index is 2.13. The highest BCUT2D eigenvalue weighted by Crippen LogP contribution is 2.41. The molecule has 1 atom stereocenters. The van der Waals surface area contributed by atoms with Gasteiger partial charge >= 0.3 is 0 Å². The van der Waals surface area contributed by atoms with Gasteiger partial charge in [-0.05, 0) is 39.4 Å². The standard InChI is InChI=1S/C19H25BrFN5/c1-5-6-17-15-11-14(20)12-16(21)18(15)22-19(26(17)23-13(2)3)25-9-7-24(4)8-10-25/h5,11-12,17H,1,6-10H2,2-4H3. The van der Waals surface area contributed by atoms with Crippen LogP contribution in [0.1, 0.15) is 31.9 Å². The van der Waals surface area contributed by atoms with Crippen LogP contribution < -0.4 is 0 Å². The van der Waals surface area contributed by atoms with Crippen LogP contribution in [-0.4, -0.2) is 59.7 Å². The van der Waals surface area contributed by atoms with Crippen LogP contribution in [0.3, 0.4) is 0 Å². The van der Waals surface area contributed by atoms with E-state index in [9.17, 15) is 4.39 Å². The third-order valence-electron chi connectivity index (χ3n) is 4.61. The minimum absolute atomic E-state index is 0.128. The molecule has 2 aliphatic heterocycles. The number of hydrogen-bond acceptors (Lipinski definition) is 5. The summed E-state index contributed by atoms with van der Waals surface area (Å²) in [5.41, 5.74) is 2.17. The third kappa shape index (κ3) is 3.83. The van der Waals surface area contributed by atoms with Crippen molar-refractivity contribution in [1.29, 1.82) is 0 Å². The van der Waals surface area contributed by atoms with E-state index < -0.39 is 0 Å². The molecular weight excluding hydrogens is 397 g/mol. The molecule has 5 nitrogen and oxygen atoms in total. The average molecular weight is 422 g/mol. The molecule has 0 saturated carbocycles. The number of aliphatic imine (C=N–C) groups is 1.